The smallest absolute Gasteiger partial charge is 0.157 e. The molecule has 172 valence electrons. The van der Waals surface area contributed by atoms with Crippen molar-refractivity contribution < 1.29 is 23.5 Å². The van der Waals surface area contributed by atoms with Crippen molar-refractivity contribution in [2.75, 3.05) is 7.11 Å². The molecule has 8 heteroatoms. The lowest BCUT2D eigenvalue weighted by atomic mass is 9.78. The van der Waals surface area contributed by atoms with Gasteiger partial charge < -0.3 is 19.2 Å². The monoisotopic (exact) mass is 453 g/mol. The van der Waals surface area contributed by atoms with Gasteiger partial charge in [0, 0.05) is 18.7 Å². The fraction of sp³-hybridized carbons (Fsp3) is 0.320. The van der Waals surface area contributed by atoms with Crippen LogP contribution in [0.4, 0.5) is 8.78 Å². The number of nitrogens with one attached hydrogen (secondary N) is 1. The summed E-state index contributed by atoms with van der Waals surface area (Å²) in [5.74, 6) is -0.205. The Labute approximate surface area is 190 Å². The summed E-state index contributed by atoms with van der Waals surface area (Å²) in [5.41, 5.74) is 5.72. The first-order chi connectivity index (χ1) is 15.9. The van der Waals surface area contributed by atoms with Gasteiger partial charge in [0.15, 0.2) is 5.76 Å². The highest BCUT2D eigenvalue weighted by molar-refractivity contribution is 5.51. The molecule has 0 amide bonds. The Morgan fingerprint density at radius 2 is 2.03 bits per heavy atom. The number of hydrogen-bond acceptors (Lipinski definition) is 5. The number of hydrogen-bond donors (Lipinski definition) is 2. The maximum atomic E-state index is 13.7. The number of aromatic nitrogens is 2. The standard InChI is InChI=1S/C25H25F2N3O3/c1-15-13-30(14-28-15)21-6-5-17(10-22(21)32-2)23-20-4-3-7-25(31,24(20)33-29-23)12-16-8-18(26)11-19(27)9-16/h5-6,8-11,13-14,23,29,31H,3-4,7,12H2,1-2H3. The maximum Gasteiger partial charge on any atom is 0.157 e. The average molecular weight is 453 g/mol. The summed E-state index contributed by atoms with van der Waals surface area (Å²) in [6, 6.07) is 8.94. The Bertz CT molecular complexity index is 1220. The van der Waals surface area contributed by atoms with Crippen LogP contribution >= 0.6 is 0 Å². The van der Waals surface area contributed by atoms with Gasteiger partial charge >= 0.3 is 0 Å². The second-order valence-electron chi connectivity index (χ2n) is 8.70. The molecule has 0 bridgehead atoms. The van der Waals surface area contributed by atoms with E-state index in [2.05, 4.69) is 10.5 Å². The molecule has 0 fully saturated rings. The van der Waals surface area contributed by atoms with E-state index in [1.807, 2.05) is 35.9 Å². The number of aryl methyl sites for hydroxylation is 1. The van der Waals surface area contributed by atoms with Crippen LogP contribution in [0.2, 0.25) is 0 Å². The third kappa shape index (κ3) is 4.00. The molecular formula is C25H25F2N3O3. The maximum absolute atomic E-state index is 13.7. The van der Waals surface area contributed by atoms with Crippen LogP contribution in [0.15, 0.2) is 60.3 Å². The zero-order chi connectivity index (χ0) is 23.2. The van der Waals surface area contributed by atoms with Crippen molar-refractivity contribution >= 4 is 0 Å². The van der Waals surface area contributed by atoms with Crippen LogP contribution in [0.5, 0.6) is 5.75 Å². The first kappa shape index (κ1) is 21.6. The molecule has 2 aliphatic rings. The van der Waals surface area contributed by atoms with Gasteiger partial charge in [-0.05, 0) is 67.2 Å². The summed E-state index contributed by atoms with van der Waals surface area (Å²) in [4.78, 5) is 10.1. The molecule has 2 atom stereocenters. The fourth-order valence-corrected chi connectivity index (χ4v) is 4.85. The molecule has 2 aromatic carbocycles. The molecule has 6 nitrogen and oxygen atoms in total. The number of nitrogens with zero attached hydrogens (tertiary/aromatic N) is 2. The number of methoxy groups -OCH3 is 1. The van der Waals surface area contributed by atoms with Crippen LogP contribution in [-0.4, -0.2) is 27.4 Å². The molecule has 33 heavy (non-hydrogen) atoms. The van der Waals surface area contributed by atoms with E-state index < -0.39 is 17.2 Å². The molecule has 2 heterocycles. The van der Waals surface area contributed by atoms with Gasteiger partial charge in [0.05, 0.1) is 30.9 Å². The second-order valence-corrected chi connectivity index (χ2v) is 8.70. The lowest BCUT2D eigenvalue weighted by Gasteiger charge is -2.32. The second kappa shape index (κ2) is 8.28. The van der Waals surface area contributed by atoms with Gasteiger partial charge in [-0.3, -0.25) is 0 Å². The Balaban J connectivity index is 1.47. The molecule has 2 unspecified atom stereocenters. The third-order valence-corrected chi connectivity index (χ3v) is 6.32. The Morgan fingerprint density at radius 3 is 2.73 bits per heavy atom. The summed E-state index contributed by atoms with van der Waals surface area (Å²) in [6.07, 6.45) is 5.65. The minimum Gasteiger partial charge on any atom is -0.495 e. The number of rotatable bonds is 5. The van der Waals surface area contributed by atoms with E-state index in [1.165, 1.54) is 12.1 Å². The normalized spacial score (nSPS) is 22.3. The van der Waals surface area contributed by atoms with E-state index in [-0.39, 0.29) is 12.5 Å². The first-order valence-electron chi connectivity index (χ1n) is 10.9. The van der Waals surface area contributed by atoms with Crippen LogP contribution in [0.3, 0.4) is 0 Å². The Kier molecular flexibility index (Phi) is 5.42. The van der Waals surface area contributed by atoms with Crippen molar-refractivity contribution in [3.63, 3.8) is 0 Å². The number of ether oxygens (including phenoxy) is 1. The molecule has 3 aromatic rings. The molecule has 2 N–H and O–H groups in total. The first-order valence-corrected chi connectivity index (χ1v) is 10.9. The third-order valence-electron chi connectivity index (χ3n) is 6.32. The summed E-state index contributed by atoms with van der Waals surface area (Å²) >= 11 is 0. The molecule has 0 radical (unpaired) electrons. The highest BCUT2D eigenvalue weighted by atomic mass is 19.1. The van der Waals surface area contributed by atoms with Gasteiger partial charge in [0.1, 0.15) is 23.0 Å². The lowest BCUT2D eigenvalue weighted by Crippen LogP contribution is -2.37. The number of imidazole rings is 1. The van der Waals surface area contributed by atoms with E-state index in [9.17, 15) is 13.9 Å². The zero-order valence-corrected chi connectivity index (χ0v) is 18.4. The van der Waals surface area contributed by atoms with Crippen molar-refractivity contribution in [3.05, 3.63) is 88.7 Å². The van der Waals surface area contributed by atoms with E-state index >= 15 is 0 Å². The van der Waals surface area contributed by atoms with Gasteiger partial charge in [-0.2, -0.15) is 0 Å². The number of halogens is 2. The molecule has 0 spiro atoms. The highest BCUT2D eigenvalue weighted by Crippen LogP contribution is 2.45. The van der Waals surface area contributed by atoms with Crippen molar-refractivity contribution in [3.8, 4) is 11.4 Å². The molecule has 0 saturated heterocycles. The van der Waals surface area contributed by atoms with E-state index in [4.69, 9.17) is 9.57 Å². The van der Waals surface area contributed by atoms with E-state index in [1.54, 1.807) is 13.4 Å². The van der Waals surface area contributed by atoms with Gasteiger partial charge in [-0.25, -0.2) is 13.8 Å². The van der Waals surface area contributed by atoms with E-state index in [0.29, 0.717) is 23.5 Å². The summed E-state index contributed by atoms with van der Waals surface area (Å²) in [5, 5.41) is 11.4. The summed E-state index contributed by atoms with van der Waals surface area (Å²) < 4.78 is 34.9. The van der Waals surface area contributed by atoms with Gasteiger partial charge in [-0.15, -0.1) is 5.48 Å². The van der Waals surface area contributed by atoms with E-state index in [0.717, 1.165) is 41.4 Å². The Hall–Kier alpha value is -3.23. The molecule has 1 aliphatic heterocycles. The van der Waals surface area contributed by atoms with Crippen molar-refractivity contribution in [1.29, 1.82) is 0 Å². The topological polar surface area (TPSA) is 68.5 Å². The van der Waals surface area contributed by atoms with Crippen molar-refractivity contribution in [2.24, 2.45) is 0 Å². The number of hydroxylamine groups is 1. The fourth-order valence-electron chi connectivity index (χ4n) is 4.85. The zero-order valence-electron chi connectivity index (χ0n) is 18.4. The minimum absolute atomic E-state index is 0.0666. The van der Waals surface area contributed by atoms with Gasteiger partial charge in [0.25, 0.3) is 0 Å². The molecule has 5 rings (SSSR count). The predicted octanol–water partition coefficient (Wildman–Crippen LogP) is 4.46. The van der Waals surface area contributed by atoms with Crippen LogP contribution < -0.4 is 10.2 Å². The lowest BCUT2D eigenvalue weighted by molar-refractivity contribution is -0.0198. The molecular weight excluding hydrogens is 428 g/mol. The van der Waals surface area contributed by atoms with Crippen molar-refractivity contribution in [1.82, 2.24) is 15.0 Å². The largest absolute Gasteiger partial charge is 0.495 e. The average Bonchev–Trinajstić information content (AvgIpc) is 3.40. The molecule has 0 saturated carbocycles. The molecule has 1 aromatic heterocycles. The van der Waals surface area contributed by atoms with Crippen molar-refractivity contribution in [2.45, 2.75) is 44.2 Å². The predicted molar refractivity (Wildman–Crippen MR) is 118 cm³/mol. The summed E-state index contributed by atoms with van der Waals surface area (Å²) in [7, 11) is 1.62. The Morgan fingerprint density at radius 1 is 1.24 bits per heavy atom. The summed E-state index contributed by atoms with van der Waals surface area (Å²) in [6.45, 7) is 1.92. The van der Waals surface area contributed by atoms with Gasteiger partial charge in [-0.1, -0.05) is 6.07 Å². The quantitative estimate of drug-likeness (QED) is 0.597. The number of aliphatic hydroxyl groups is 1. The van der Waals surface area contributed by atoms with Crippen LogP contribution in [0, 0.1) is 18.6 Å². The SMILES string of the molecule is COc1cc(C2NOC3=C2CCCC3(O)Cc2cc(F)cc(F)c2)ccc1-n1cnc(C)c1. The van der Waals surface area contributed by atoms with Crippen LogP contribution in [-0.2, 0) is 11.3 Å². The minimum atomic E-state index is -1.34. The number of benzene rings is 2. The molecule has 1 aliphatic carbocycles. The highest BCUT2D eigenvalue weighted by Gasteiger charge is 2.45. The van der Waals surface area contributed by atoms with Gasteiger partial charge in [0.2, 0.25) is 0 Å². The van der Waals surface area contributed by atoms with Crippen LogP contribution in [0.25, 0.3) is 5.69 Å². The van der Waals surface area contributed by atoms with Crippen LogP contribution in [0.1, 0.15) is 42.1 Å².